The van der Waals surface area contributed by atoms with Crippen molar-refractivity contribution in [2.45, 2.75) is 28.6 Å². The van der Waals surface area contributed by atoms with Gasteiger partial charge in [-0.2, -0.15) is 17.6 Å². The topological polar surface area (TPSA) is 58.2 Å². The largest absolute Gasteiger partial charge is 0.361 e. The van der Waals surface area contributed by atoms with E-state index in [0.717, 1.165) is 6.92 Å². The van der Waals surface area contributed by atoms with Gasteiger partial charge in [0.1, 0.15) is 6.04 Å². The fourth-order valence-corrected chi connectivity index (χ4v) is 3.26. The second-order valence-corrected chi connectivity index (χ2v) is 5.91. The molecule has 1 fully saturated rings. The molecule has 0 radical (unpaired) electrons. The Balaban J connectivity index is 3.03. The molecule has 1 rings (SSSR count). The molecule has 110 valence electrons. The predicted octanol–water partition coefficient (Wildman–Crippen LogP) is 1.71. The molecule has 0 aromatic carbocycles. The zero-order valence-corrected chi connectivity index (χ0v) is 11.6. The van der Waals surface area contributed by atoms with Crippen LogP contribution in [0.2, 0.25) is 0 Å². The molecule has 1 aliphatic rings. The molecule has 1 unspecified atom stereocenters. The Bertz CT molecular complexity index is 385. The van der Waals surface area contributed by atoms with Crippen LogP contribution in [0.15, 0.2) is 0 Å². The van der Waals surface area contributed by atoms with Crippen molar-refractivity contribution in [1.82, 2.24) is 10.6 Å². The van der Waals surface area contributed by atoms with E-state index in [4.69, 9.17) is 0 Å². The number of thioether (sulfide) groups is 1. The van der Waals surface area contributed by atoms with Crippen LogP contribution in [0.25, 0.3) is 0 Å². The molecular weight excluding hydrogens is 335 g/mol. The molecule has 1 aliphatic heterocycles. The van der Waals surface area contributed by atoms with Gasteiger partial charge in [0.05, 0.1) is 0 Å². The number of carbonyl (C=O) groups is 2. The zero-order chi connectivity index (χ0) is 15.1. The second kappa shape index (κ2) is 5.17. The Labute approximate surface area is 119 Å². The molecular formula is C8H8Cl2F4N2O2S. The number of halogens is 6. The third kappa shape index (κ3) is 3.19. The average Bonchev–Trinajstić information content (AvgIpc) is 2.16. The molecule has 2 amide bonds. The van der Waals surface area contributed by atoms with Crippen LogP contribution < -0.4 is 10.6 Å². The van der Waals surface area contributed by atoms with Gasteiger partial charge in [0.2, 0.25) is 16.7 Å². The fourth-order valence-electron chi connectivity index (χ4n) is 1.40. The Morgan fingerprint density at radius 2 is 1.89 bits per heavy atom. The Kier molecular flexibility index (Phi) is 4.53. The molecule has 11 heteroatoms. The third-order valence-electron chi connectivity index (χ3n) is 2.26. The first-order chi connectivity index (χ1) is 8.41. The lowest BCUT2D eigenvalue weighted by Gasteiger charge is -2.43. The van der Waals surface area contributed by atoms with Crippen molar-refractivity contribution in [2.24, 2.45) is 0 Å². The summed E-state index contributed by atoms with van der Waals surface area (Å²) >= 11 is 9.27. The van der Waals surface area contributed by atoms with Gasteiger partial charge >= 0.3 is 10.8 Å². The van der Waals surface area contributed by atoms with Crippen molar-refractivity contribution < 1.29 is 27.2 Å². The van der Waals surface area contributed by atoms with Gasteiger partial charge in [-0.15, -0.1) is 11.8 Å². The van der Waals surface area contributed by atoms with E-state index in [1.54, 1.807) is 0 Å². The third-order valence-corrected chi connectivity index (χ3v) is 4.60. The van der Waals surface area contributed by atoms with Crippen LogP contribution in [0.3, 0.4) is 0 Å². The van der Waals surface area contributed by atoms with Crippen LogP contribution in [0, 0.1) is 0 Å². The van der Waals surface area contributed by atoms with Crippen LogP contribution in [-0.4, -0.2) is 39.2 Å². The molecule has 0 aliphatic carbocycles. The van der Waals surface area contributed by atoms with Gasteiger partial charge in [0, 0.05) is 12.7 Å². The number of rotatable bonds is 3. The van der Waals surface area contributed by atoms with Crippen LogP contribution in [0.5, 0.6) is 0 Å². The summed E-state index contributed by atoms with van der Waals surface area (Å²) in [4.78, 5) is 18.8. The number of hydrogen-bond acceptors (Lipinski definition) is 3. The Hall–Kier alpha value is -0.410. The molecule has 4 nitrogen and oxygen atoms in total. The number of carbonyl (C=O) groups excluding carboxylic acids is 2. The van der Waals surface area contributed by atoms with Crippen molar-refractivity contribution in [3.05, 3.63) is 0 Å². The molecule has 2 N–H and O–H groups in total. The van der Waals surface area contributed by atoms with E-state index in [2.05, 4.69) is 28.5 Å². The summed E-state index contributed by atoms with van der Waals surface area (Å²) in [6, 6.07) is -1.21. The zero-order valence-electron chi connectivity index (χ0n) is 9.28. The maximum atomic E-state index is 13.2. The summed E-state index contributed by atoms with van der Waals surface area (Å²) in [6.45, 7) is 1.09. The van der Waals surface area contributed by atoms with E-state index in [0.29, 0.717) is 0 Å². The highest BCUT2D eigenvalue weighted by atomic mass is 35.5. The van der Waals surface area contributed by atoms with E-state index in [1.165, 1.54) is 5.32 Å². The first-order valence-electron chi connectivity index (χ1n) is 4.77. The SMILES string of the molecule is CC(=O)NC1CSC(C(F)(F)Cl)(C(F)(F)Cl)NC1=O. The summed E-state index contributed by atoms with van der Waals surface area (Å²) in [5, 5.41) is -5.44. The number of amides is 2. The van der Waals surface area contributed by atoms with Crippen LogP contribution in [0.4, 0.5) is 17.6 Å². The van der Waals surface area contributed by atoms with Crippen molar-refractivity contribution in [1.29, 1.82) is 0 Å². The van der Waals surface area contributed by atoms with Crippen molar-refractivity contribution in [3.8, 4) is 0 Å². The summed E-state index contributed by atoms with van der Waals surface area (Å²) < 4.78 is 52.8. The minimum absolute atomic E-state index is 0.0322. The Morgan fingerprint density at radius 3 is 2.21 bits per heavy atom. The lowest BCUT2D eigenvalue weighted by atomic mass is 10.2. The van der Waals surface area contributed by atoms with Gasteiger partial charge in [0.25, 0.3) is 0 Å². The summed E-state index contributed by atoms with van der Waals surface area (Å²) in [6.07, 6.45) is 0. The quantitative estimate of drug-likeness (QED) is 0.606. The Morgan fingerprint density at radius 1 is 1.42 bits per heavy atom. The lowest BCUT2D eigenvalue weighted by Crippen LogP contribution is -2.70. The van der Waals surface area contributed by atoms with Gasteiger partial charge < -0.3 is 10.6 Å². The van der Waals surface area contributed by atoms with Crippen molar-refractivity contribution >= 4 is 46.8 Å². The molecule has 0 aromatic rings. The predicted molar refractivity (Wildman–Crippen MR) is 62.5 cm³/mol. The minimum Gasteiger partial charge on any atom is -0.344 e. The number of alkyl halides is 6. The average molecular weight is 343 g/mol. The van der Waals surface area contributed by atoms with Crippen LogP contribution in [0.1, 0.15) is 6.92 Å². The molecule has 1 atom stereocenters. The smallest absolute Gasteiger partial charge is 0.344 e. The van der Waals surface area contributed by atoms with Gasteiger partial charge in [-0.1, -0.05) is 0 Å². The van der Waals surface area contributed by atoms with Crippen molar-refractivity contribution in [2.75, 3.05) is 5.75 Å². The van der Waals surface area contributed by atoms with Crippen LogP contribution in [-0.2, 0) is 9.59 Å². The molecule has 19 heavy (non-hydrogen) atoms. The normalized spacial score (nSPS) is 23.7. The minimum atomic E-state index is -4.49. The second-order valence-electron chi connectivity index (χ2n) is 3.73. The maximum absolute atomic E-state index is 13.2. The van der Waals surface area contributed by atoms with E-state index in [-0.39, 0.29) is 11.8 Å². The number of nitrogens with one attached hydrogen (secondary N) is 2. The molecule has 0 aromatic heterocycles. The summed E-state index contributed by atoms with van der Waals surface area (Å²) in [7, 11) is 0. The fraction of sp³-hybridized carbons (Fsp3) is 0.750. The van der Waals surface area contributed by atoms with Crippen molar-refractivity contribution in [3.63, 3.8) is 0 Å². The first kappa shape index (κ1) is 16.6. The van der Waals surface area contributed by atoms with E-state index in [1.807, 2.05) is 0 Å². The monoisotopic (exact) mass is 342 g/mol. The van der Waals surface area contributed by atoms with Crippen LogP contribution >= 0.6 is 35.0 Å². The standard InChI is InChI=1S/C8H8Cl2F4N2O2S/c1-3(17)15-4-2-19-6(7(9,11)12,8(10,13)14)16-5(4)18/h4H,2H2,1H3,(H,15,17)(H,16,18). The van der Waals surface area contributed by atoms with Gasteiger partial charge in [-0.3, -0.25) is 9.59 Å². The van der Waals surface area contributed by atoms with Gasteiger partial charge in [0.15, 0.2) is 0 Å². The highest BCUT2D eigenvalue weighted by Crippen LogP contribution is 2.53. The molecule has 0 spiro atoms. The molecule has 1 saturated heterocycles. The highest BCUT2D eigenvalue weighted by Gasteiger charge is 2.70. The summed E-state index contributed by atoms with van der Waals surface area (Å²) in [5.41, 5.74) is 0. The molecule has 0 saturated carbocycles. The first-order valence-corrected chi connectivity index (χ1v) is 6.51. The van der Waals surface area contributed by atoms with E-state index < -0.39 is 39.2 Å². The highest BCUT2D eigenvalue weighted by molar-refractivity contribution is 8.01. The maximum Gasteiger partial charge on any atom is 0.361 e. The summed E-state index contributed by atoms with van der Waals surface area (Å²) in [5.74, 6) is -2.34. The lowest BCUT2D eigenvalue weighted by molar-refractivity contribution is -0.136. The van der Waals surface area contributed by atoms with Gasteiger partial charge in [-0.05, 0) is 23.2 Å². The van der Waals surface area contributed by atoms with E-state index in [9.17, 15) is 27.2 Å². The molecule has 1 heterocycles. The molecule has 0 bridgehead atoms. The van der Waals surface area contributed by atoms with Gasteiger partial charge in [-0.25, -0.2) is 0 Å². The number of hydrogen-bond donors (Lipinski definition) is 2. The van der Waals surface area contributed by atoms with E-state index >= 15 is 0 Å².